The topological polar surface area (TPSA) is 22.1 Å². The van der Waals surface area contributed by atoms with Gasteiger partial charge < -0.3 is 4.74 Å². The molecule has 0 bridgehead atoms. The lowest BCUT2D eigenvalue weighted by Crippen LogP contribution is -1.83. The summed E-state index contributed by atoms with van der Waals surface area (Å²) in [5.74, 6) is 0.855. The third-order valence-corrected chi connectivity index (χ3v) is 5.18. The zero-order valence-corrected chi connectivity index (χ0v) is 13.3. The zero-order chi connectivity index (χ0) is 13.2. The van der Waals surface area contributed by atoms with Crippen LogP contribution >= 0.6 is 38.6 Å². The highest BCUT2D eigenvalue weighted by Gasteiger charge is 2.09. The number of rotatable bonds is 3. The molecule has 0 spiro atoms. The number of hydrogen-bond acceptors (Lipinski definition) is 4. The van der Waals surface area contributed by atoms with Crippen molar-refractivity contribution < 1.29 is 4.74 Å². The van der Waals surface area contributed by atoms with E-state index in [-0.39, 0.29) is 0 Å². The minimum Gasteiger partial charge on any atom is -0.497 e. The molecule has 0 N–H and O–H groups in total. The summed E-state index contributed by atoms with van der Waals surface area (Å²) in [6.45, 7) is 0. The Morgan fingerprint density at radius 2 is 2.11 bits per heavy atom. The van der Waals surface area contributed by atoms with Gasteiger partial charge in [-0.15, -0.1) is 22.7 Å². The number of benzene rings is 1. The van der Waals surface area contributed by atoms with Gasteiger partial charge in [0.1, 0.15) is 10.8 Å². The van der Waals surface area contributed by atoms with E-state index < -0.39 is 0 Å². The lowest BCUT2D eigenvalue weighted by Gasteiger charge is -2.01. The van der Waals surface area contributed by atoms with Crippen LogP contribution in [0, 0.1) is 0 Å². The molecule has 19 heavy (non-hydrogen) atoms. The molecule has 0 radical (unpaired) electrons. The SMILES string of the molecule is COc1cccc(-c2nc(-c3ccc(Br)s3)cs2)c1. The fraction of sp³-hybridized carbons (Fsp3) is 0.0714. The van der Waals surface area contributed by atoms with Crippen LogP contribution in [0.5, 0.6) is 5.75 Å². The highest BCUT2D eigenvalue weighted by atomic mass is 79.9. The smallest absolute Gasteiger partial charge is 0.124 e. The summed E-state index contributed by atoms with van der Waals surface area (Å²) in [7, 11) is 1.68. The Balaban J connectivity index is 1.96. The van der Waals surface area contributed by atoms with Crippen molar-refractivity contribution in [3.63, 3.8) is 0 Å². The first-order valence-corrected chi connectivity index (χ1v) is 8.11. The van der Waals surface area contributed by atoms with E-state index >= 15 is 0 Å². The second kappa shape index (κ2) is 5.45. The number of halogens is 1. The first-order valence-electron chi connectivity index (χ1n) is 5.62. The standard InChI is InChI=1S/C14H10BrNOS2/c1-17-10-4-2-3-9(7-10)14-16-11(8-18-14)12-5-6-13(15)19-12/h2-8H,1H3. The maximum Gasteiger partial charge on any atom is 0.124 e. The Morgan fingerprint density at radius 3 is 2.84 bits per heavy atom. The van der Waals surface area contributed by atoms with E-state index in [2.05, 4.69) is 33.4 Å². The fourth-order valence-corrected chi connectivity index (χ4v) is 3.97. The molecule has 0 atom stereocenters. The average Bonchev–Trinajstić information content (AvgIpc) is 3.07. The lowest BCUT2D eigenvalue weighted by molar-refractivity contribution is 0.415. The van der Waals surface area contributed by atoms with Crippen LogP contribution in [0.15, 0.2) is 45.6 Å². The molecule has 0 saturated heterocycles. The largest absolute Gasteiger partial charge is 0.497 e. The van der Waals surface area contributed by atoms with Crippen LogP contribution in [0.25, 0.3) is 21.1 Å². The van der Waals surface area contributed by atoms with Gasteiger partial charge in [0.2, 0.25) is 0 Å². The molecular formula is C14H10BrNOS2. The molecule has 0 fully saturated rings. The van der Waals surface area contributed by atoms with Gasteiger partial charge in [-0.25, -0.2) is 4.98 Å². The van der Waals surface area contributed by atoms with Crippen LogP contribution in [0.2, 0.25) is 0 Å². The molecule has 0 aliphatic carbocycles. The van der Waals surface area contributed by atoms with Gasteiger partial charge >= 0.3 is 0 Å². The molecule has 2 aromatic heterocycles. The summed E-state index contributed by atoms with van der Waals surface area (Å²) in [6.07, 6.45) is 0. The molecule has 0 aliphatic heterocycles. The Bertz CT molecular complexity index is 705. The molecular weight excluding hydrogens is 342 g/mol. The van der Waals surface area contributed by atoms with Crippen LogP contribution in [0.1, 0.15) is 0 Å². The van der Waals surface area contributed by atoms with E-state index in [1.165, 1.54) is 4.88 Å². The Hall–Kier alpha value is -1.17. The van der Waals surface area contributed by atoms with Crippen molar-refractivity contribution in [3.8, 4) is 26.9 Å². The number of aromatic nitrogens is 1. The molecule has 96 valence electrons. The summed E-state index contributed by atoms with van der Waals surface area (Å²) in [4.78, 5) is 5.87. The molecule has 0 saturated carbocycles. The van der Waals surface area contributed by atoms with Gasteiger partial charge in [0, 0.05) is 10.9 Å². The molecule has 2 nitrogen and oxygen atoms in total. The van der Waals surface area contributed by atoms with Gasteiger partial charge in [0.05, 0.1) is 21.5 Å². The molecule has 0 unspecified atom stereocenters. The second-order valence-corrected chi connectivity index (χ2v) is 7.19. The van der Waals surface area contributed by atoms with Crippen molar-refractivity contribution in [3.05, 3.63) is 45.6 Å². The lowest BCUT2D eigenvalue weighted by atomic mass is 10.2. The number of ether oxygens (including phenoxy) is 1. The van der Waals surface area contributed by atoms with Gasteiger partial charge in [-0.05, 0) is 40.2 Å². The normalized spacial score (nSPS) is 10.6. The number of thiazole rings is 1. The number of hydrogen-bond donors (Lipinski definition) is 0. The Morgan fingerprint density at radius 1 is 1.21 bits per heavy atom. The summed E-state index contributed by atoms with van der Waals surface area (Å²) < 4.78 is 6.37. The molecule has 5 heteroatoms. The van der Waals surface area contributed by atoms with Gasteiger partial charge in [0.15, 0.2) is 0 Å². The number of nitrogens with zero attached hydrogens (tertiary/aromatic N) is 1. The summed E-state index contributed by atoms with van der Waals surface area (Å²) >= 11 is 6.82. The Labute approximate surface area is 127 Å². The molecule has 0 aliphatic rings. The quantitative estimate of drug-likeness (QED) is 0.637. The van der Waals surface area contributed by atoms with Crippen LogP contribution < -0.4 is 4.74 Å². The fourth-order valence-electron chi connectivity index (χ4n) is 1.73. The maximum absolute atomic E-state index is 5.24. The van der Waals surface area contributed by atoms with Crippen LogP contribution in [0.3, 0.4) is 0 Å². The van der Waals surface area contributed by atoms with Crippen molar-refractivity contribution in [2.45, 2.75) is 0 Å². The van der Waals surface area contributed by atoms with E-state index in [9.17, 15) is 0 Å². The van der Waals surface area contributed by atoms with E-state index in [1.807, 2.05) is 24.3 Å². The van der Waals surface area contributed by atoms with Gasteiger partial charge in [-0.2, -0.15) is 0 Å². The minimum absolute atomic E-state index is 0.855. The minimum atomic E-state index is 0.855. The highest BCUT2D eigenvalue weighted by Crippen LogP contribution is 2.35. The first kappa shape index (κ1) is 12.8. The van der Waals surface area contributed by atoms with E-state index in [4.69, 9.17) is 9.72 Å². The second-order valence-electron chi connectivity index (χ2n) is 3.87. The van der Waals surface area contributed by atoms with Crippen molar-refractivity contribution in [2.24, 2.45) is 0 Å². The molecule has 3 rings (SSSR count). The van der Waals surface area contributed by atoms with Gasteiger partial charge in [0.25, 0.3) is 0 Å². The van der Waals surface area contributed by atoms with Crippen molar-refractivity contribution in [1.82, 2.24) is 4.98 Å². The van der Waals surface area contributed by atoms with Crippen LogP contribution in [-0.4, -0.2) is 12.1 Å². The van der Waals surface area contributed by atoms with E-state index in [0.717, 1.165) is 25.8 Å². The molecule has 3 aromatic rings. The van der Waals surface area contributed by atoms with Crippen molar-refractivity contribution in [2.75, 3.05) is 7.11 Å². The molecule has 1 aromatic carbocycles. The zero-order valence-electron chi connectivity index (χ0n) is 10.1. The average molecular weight is 352 g/mol. The van der Waals surface area contributed by atoms with Gasteiger partial charge in [-0.3, -0.25) is 0 Å². The van der Waals surface area contributed by atoms with E-state index in [1.54, 1.807) is 29.8 Å². The van der Waals surface area contributed by atoms with Crippen molar-refractivity contribution >= 4 is 38.6 Å². The Kier molecular flexibility index (Phi) is 3.68. The van der Waals surface area contributed by atoms with Crippen LogP contribution in [-0.2, 0) is 0 Å². The van der Waals surface area contributed by atoms with Gasteiger partial charge in [-0.1, -0.05) is 12.1 Å². The van der Waals surface area contributed by atoms with Crippen molar-refractivity contribution in [1.29, 1.82) is 0 Å². The molecule has 2 heterocycles. The molecule has 0 amide bonds. The summed E-state index contributed by atoms with van der Waals surface area (Å²) in [6, 6.07) is 12.1. The summed E-state index contributed by atoms with van der Waals surface area (Å²) in [5.41, 5.74) is 2.12. The predicted molar refractivity (Wildman–Crippen MR) is 85.1 cm³/mol. The highest BCUT2D eigenvalue weighted by molar-refractivity contribution is 9.11. The van der Waals surface area contributed by atoms with Crippen LogP contribution in [0.4, 0.5) is 0 Å². The van der Waals surface area contributed by atoms with E-state index in [0.29, 0.717) is 0 Å². The first-order chi connectivity index (χ1) is 9.26. The third kappa shape index (κ3) is 2.73. The predicted octanol–water partition coefficient (Wildman–Crippen LogP) is 5.31. The third-order valence-electron chi connectivity index (χ3n) is 2.65. The number of methoxy groups -OCH3 is 1. The maximum atomic E-state index is 5.24. The monoisotopic (exact) mass is 351 g/mol. The summed E-state index contributed by atoms with van der Waals surface area (Å²) in [5, 5.41) is 3.10. The number of thiophene rings is 1.